The molecule has 2 atom stereocenters. The molecule has 2 aromatic rings. The molecule has 1 fully saturated rings. The zero-order chi connectivity index (χ0) is 17.1. The Kier molecular flexibility index (Phi) is 4.46. The first-order valence-electron chi connectivity index (χ1n) is 8.82. The van der Waals surface area contributed by atoms with Crippen molar-refractivity contribution in [2.75, 3.05) is 13.3 Å². The van der Waals surface area contributed by atoms with Gasteiger partial charge in [-0.25, -0.2) is 4.99 Å². The van der Waals surface area contributed by atoms with Crippen LogP contribution in [0.15, 0.2) is 53.5 Å². The number of rotatable bonds is 5. The van der Waals surface area contributed by atoms with Crippen LogP contribution in [0.25, 0.3) is 0 Å². The van der Waals surface area contributed by atoms with Crippen molar-refractivity contribution in [3.63, 3.8) is 0 Å². The zero-order valence-electron chi connectivity index (χ0n) is 14.4. The molecule has 2 unspecified atom stereocenters. The van der Waals surface area contributed by atoms with Crippen molar-refractivity contribution in [1.29, 1.82) is 0 Å². The average Bonchev–Trinajstić information content (AvgIpc) is 3.25. The molecule has 5 nitrogen and oxygen atoms in total. The minimum Gasteiger partial charge on any atom is -0.454 e. The molecule has 0 saturated heterocycles. The highest BCUT2D eigenvalue weighted by molar-refractivity contribution is 5.80. The Morgan fingerprint density at radius 3 is 2.80 bits per heavy atom. The predicted octanol–water partition coefficient (Wildman–Crippen LogP) is 3.03. The standard InChI is InChI=1S/C20H23N3O2/c1-2-21-20(23-17-11-16(17)15-6-4-3-5-7-15)22-12-14-8-9-18-19(10-14)25-13-24-18/h3-10,16-17H,2,11-13H2,1H3,(H2,21,22,23). The first-order chi connectivity index (χ1) is 12.3. The molecular formula is C20H23N3O2. The second-order valence-electron chi connectivity index (χ2n) is 6.39. The van der Waals surface area contributed by atoms with Crippen molar-refractivity contribution in [2.45, 2.75) is 31.8 Å². The second kappa shape index (κ2) is 7.05. The van der Waals surface area contributed by atoms with E-state index >= 15 is 0 Å². The summed E-state index contributed by atoms with van der Waals surface area (Å²) in [5, 5.41) is 6.88. The SMILES string of the molecule is CCNC(=NCc1ccc2c(c1)OCO2)NC1CC1c1ccccc1. The van der Waals surface area contributed by atoms with Gasteiger partial charge < -0.3 is 20.1 Å². The second-order valence-corrected chi connectivity index (χ2v) is 6.39. The van der Waals surface area contributed by atoms with Crippen molar-refractivity contribution in [2.24, 2.45) is 4.99 Å². The van der Waals surface area contributed by atoms with Gasteiger partial charge in [0.05, 0.1) is 6.54 Å². The maximum absolute atomic E-state index is 5.43. The third-order valence-electron chi connectivity index (χ3n) is 4.54. The van der Waals surface area contributed by atoms with E-state index in [1.807, 2.05) is 18.2 Å². The normalized spacial score (nSPS) is 21.1. The molecule has 4 rings (SSSR count). The number of aliphatic imine (C=N–C) groups is 1. The summed E-state index contributed by atoms with van der Waals surface area (Å²) in [5.41, 5.74) is 2.50. The number of benzene rings is 2. The smallest absolute Gasteiger partial charge is 0.231 e. The molecule has 1 aliphatic heterocycles. The number of guanidine groups is 1. The number of nitrogens with one attached hydrogen (secondary N) is 2. The molecule has 5 heteroatoms. The van der Waals surface area contributed by atoms with Crippen LogP contribution in [0.3, 0.4) is 0 Å². The van der Waals surface area contributed by atoms with Crippen LogP contribution < -0.4 is 20.1 Å². The molecule has 1 aliphatic carbocycles. The number of ether oxygens (including phenoxy) is 2. The molecule has 0 radical (unpaired) electrons. The summed E-state index contributed by atoms with van der Waals surface area (Å²) in [7, 11) is 0. The first-order valence-corrected chi connectivity index (χ1v) is 8.82. The van der Waals surface area contributed by atoms with Gasteiger partial charge in [0.2, 0.25) is 6.79 Å². The molecule has 0 spiro atoms. The molecule has 2 aromatic carbocycles. The molecular weight excluding hydrogens is 314 g/mol. The first kappa shape index (κ1) is 15.8. The topological polar surface area (TPSA) is 54.9 Å². The van der Waals surface area contributed by atoms with Gasteiger partial charge >= 0.3 is 0 Å². The Morgan fingerprint density at radius 1 is 1.12 bits per heavy atom. The van der Waals surface area contributed by atoms with Gasteiger partial charge in [0.1, 0.15) is 0 Å². The van der Waals surface area contributed by atoms with E-state index in [1.165, 1.54) is 5.56 Å². The molecule has 0 aromatic heterocycles. The maximum Gasteiger partial charge on any atom is 0.231 e. The van der Waals surface area contributed by atoms with Gasteiger partial charge in [-0.3, -0.25) is 0 Å². The minimum absolute atomic E-state index is 0.300. The van der Waals surface area contributed by atoms with E-state index in [2.05, 4.69) is 47.9 Å². The lowest BCUT2D eigenvalue weighted by Crippen LogP contribution is -2.39. The average molecular weight is 337 g/mol. The van der Waals surface area contributed by atoms with E-state index in [0.717, 1.165) is 36.0 Å². The molecule has 2 N–H and O–H groups in total. The van der Waals surface area contributed by atoms with Gasteiger partial charge in [0, 0.05) is 18.5 Å². The number of fused-ring (bicyclic) bond motifs is 1. The van der Waals surface area contributed by atoms with Crippen LogP contribution in [0.5, 0.6) is 11.5 Å². The molecule has 130 valence electrons. The molecule has 25 heavy (non-hydrogen) atoms. The number of nitrogens with zero attached hydrogens (tertiary/aromatic N) is 1. The molecule has 2 aliphatic rings. The van der Waals surface area contributed by atoms with Gasteiger partial charge in [0.15, 0.2) is 17.5 Å². The predicted molar refractivity (Wildman–Crippen MR) is 98.1 cm³/mol. The number of hydrogen-bond donors (Lipinski definition) is 2. The van der Waals surface area contributed by atoms with E-state index < -0.39 is 0 Å². The summed E-state index contributed by atoms with van der Waals surface area (Å²) in [4.78, 5) is 4.72. The summed E-state index contributed by atoms with van der Waals surface area (Å²) in [5.74, 6) is 3.05. The highest BCUT2D eigenvalue weighted by Crippen LogP contribution is 2.40. The Morgan fingerprint density at radius 2 is 1.96 bits per heavy atom. The van der Waals surface area contributed by atoms with Gasteiger partial charge in [-0.15, -0.1) is 0 Å². The number of hydrogen-bond acceptors (Lipinski definition) is 3. The largest absolute Gasteiger partial charge is 0.454 e. The summed E-state index contributed by atoms with van der Waals surface area (Å²) in [6, 6.07) is 17.1. The van der Waals surface area contributed by atoms with Gasteiger partial charge in [-0.1, -0.05) is 36.4 Å². The van der Waals surface area contributed by atoms with Crippen LogP contribution in [0.4, 0.5) is 0 Å². The molecule has 0 amide bonds. The summed E-state index contributed by atoms with van der Waals surface area (Å²) >= 11 is 0. The van der Waals surface area contributed by atoms with Crippen molar-refractivity contribution >= 4 is 5.96 Å². The Bertz CT molecular complexity index is 761. The molecule has 1 saturated carbocycles. The van der Waals surface area contributed by atoms with E-state index in [4.69, 9.17) is 14.5 Å². The summed E-state index contributed by atoms with van der Waals surface area (Å²) in [6.07, 6.45) is 1.15. The molecule has 1 heterocycles. The minimum atomic E-state index is 0.300. The lowest BCUT2D eigenvalue weighted by atomic mass is 10.1. The van der Waals surface area contributed by atoms with Crippen LogP contribution in [0.1, 0.15) is 30.4 Å². The van der Waals surface area contributed by atoms with Crippen LogP contribution in [-0.2, 0) is 6.54 Å². The highest BCUT2D eigenvalue weighted by atomic mass is 16.7. The summed E-state index contributed by atoms with van der Waals surface area (Å²) < 4.78 is 10.8. The fourth-order valence-electron chi connectivity index (χ4n) is 3.13. The monoisotopic (exact) mass is 337 g/mol. The molecule has 0 bridgehead atoms. The van der Waals surface area contributed by atoms with Gasteiger partial charge in [-0.2, -0.15) is 0 Å². The van der Waals surface area contributed by atoms with Crippen molar-refractivity contribution < 1.29 is 9.47 Å². The van der Waals surface area contributed by atoms with Crippen LogP contribution >= 0.6 is 0 Å². The zero-order valence-corrected chi connectivity index (χ0v) is 14.4. The van der Waals surface area contributed by atoms with E-state index in [-0.39, 0.29) is 0 Å². The van der Waals surface area contributed by atoms with Gasteiger partial charge in [-0.05, 0) is 36.6 Å². The van der Waals surface area contributed by atoms with Gasteiger partial charge in [0.25, 0.3) is 0 Å². The Hall–Kier alpha value is -2.69. The van der Waals surface area contributed by atoms with Crippen molar-refractivity contribution in [3.05, 3.63) is 59.7 Å². The lowest BCUT2D eigenvalue weighted by molar-refractivity contribution is 0.174. The van der Waals surface area contributed by atoms with E-state index in [9.17, 15) is 0 Å². The highest BCUT2D eigenvalue weighted by Gasteiger charge is 2.38. The third kappa shape index (κ3) is 3.71. The van der Waals surface area contributed by atoms with Crippen LogP contribution in [0.2, 0.25) is 0 Å². The maximum atomic E-state index is 5.43. The fraction of sp³-hybridized carbons (Fsp3) is 0.350. The van der Waals surface area contributed by atoms with Crippen molar-refractivity contribution in [1.82, 2.24) is 10.6 Å². The van der Waals surface area contributed by atoms with E-state index in [0.29, 0.717) is 25.3 Å². The third-order valence-corrected chi connectivity index (χ3v) is 4.54. The van der Waals surface area contributed by atoms with E-state index in [1.54, 1.807) is 0 Å². The van der Waals surface area contributed by atoms with Crippen LogP contribution in [-0.4, -0.2) is 25.3 Å². The van der Waals surface area contributed by atoms with Crippen molar-refractivity contribution in [3.8, 4) is 11.5 Å². The van der Waals surface area contributed by atoms with Crippen LogP contribution in [0, 0.1) is 0 Å². The lowest BCUT2D eigenvalue weighted by Gasteiger charge is -2.11. The quantitative estimate of drug-likeness (QED) is 0.650. The fourth-order valence-corrected chi connectivity index (χ4v) is 3.13. The summed E-state index contributed by atoms with van der Waals surface area (Å²) in [6.45, 7) is 3.83. The Balaban J connectivity index is 1.39. The Labute approximate surface area is 148 Å².